The van der Waals surface area contributed by atoms with Gasteiger partial charge in [0.05, 0.1) is 31.0 Å². The van der Waals surface area contributed by atoms with E-state index in [1.54, 1.807) is 24.3 Å². The standard InChI is InChI=1S/C19H16F3NO5/c1-26-11-5-3-10(4-6-11)7-16-17(24)23-14-8-12(18(25)27-2)13(19(20,21)22)9-15(14)28-16/h3-6,8-9,16H,7H2,1-2H3,(H,23,24)/t16-/m0/s1. The molecule has 0 bridgehead atoms. The van der Waals surface area contributed by atoms with Gasteiger partial charge >= 0.3 is 12.1 Å². The second-order valence-corrected chi connectivity index (χ2v) is 6.03. The van der Waals surface area contributed by atoms with Crippen LogP contribution in [0.4, 0.5) is 18.9 Å². The summed E-state index contributed by atoms with van der Waals surface area (Å²) in [6.07, 6.45) is -5.67. The molecule has 0 fully saturated rings. The molecule has 1 aliphatic heterocycles. The van der Waals surface area contributed by atoms with Gasteiger partial charge in [0.2, 0.25) is 0 Å². The van der Waals surface area contributed by atoms with Gasteiger partial charge in [0.1, 0.15) is 11.5 Å². The van der Waals surface area contributed by atoms with Crippen molar-refractivity contribution in [3.63, 3.8) is 0 Å². The van der Waals surface area contributed by atoms with Crippen molar-refractivity contribution in [2.75, 3.05) is 19.5 Å². The van der Waals surface area contributed by atoms with Crippen LogP contribution in [0, 0.1) is 0 Å². The largest absolute Gasteiger partial charge is 0.497 e. The Balaban J connectivity index is 1.92. The minimum Gasteiger partial charge on any atom is -0.497 e. The smallest absolute Gasteiger partial charge is 0.417 e. The normalized spacial score (nSPS) is 15.9. The first-order chi connectivity index (χ1) is 13.2. The Kier molecular flexibility index (Phi) is 5.17. The van der Waals surface area contributed by atoms with Crippen LogP contribution in [-0.4, -0.2) is 32.2 Å². The topological polar surface area (TPSA) is 73.9 Å². The molecule has 6 nitrogen and oxygen atoms in total. The van der Waals surface area contributed by atoms with E-state index in [2.05, 4.69) is 10.1 Å². The number of benzene rings is 2. The third kappa shape index (κ3) is 3.88. The number of anilines is 1. The van der Waals surface area contributed by atoms with Crippen LogP contribution in [0.5, 0.6) is 11.5 Å². The summed E-state index contributed by atoms with van der Waals surface area (Å²) in [6, 6.07) is 8.47. The zero-order valence-electron chi connectivity index (χ0n) is 14.9. The summed E-state index contributed by atoms with van der Waals surface area (Å²) >= 11 is 0. The number of carbonyl (C=O) groups is 2. The number of rotatable bonds is 4. The predicted octanol–water partition coefficient (Wildman–Crippen LogP) is 3.44. The van der Waals surface area contributed by atoms with E-state index in [9.17, 15) is 22.8 Å². The maximum Gasteiger partial charge on any atom is 0.417 e. The van der Waals surface area contributed by atoms with Crippen LogP contribution in [0.15, 0.2) is 36.4 Å². The van der Waals surface area contributed by atoms with Gasteiger partial charge in [-0.15, -0.1) is 0 Å². The van der Waals surface area contributed by atoms with Crippen LogP contribution in [-0.2, 0) is 22.1 Å². The van der Waals surface area contributed by atoms with Gasteiger partial charge in [-0.25, -0.2) is 4.79 Å². The molecule has 148 valence electrons. The van der Waals surface area contributed by atoms with Gasteiger partial charge in [-0.2, -0.15) is 13.2 Å². The molecule has 1 N–H and O–H groups in total. The average molecular weight is 395 g/mol. The zero-order chi connectivity index (χ0) is 20.5. The molecule has 1 aliphatic rings. The number of methoxy groups -OCH3 is 2. The number of esters is 1. The Morgan fingerprint density at radius 3 is 2.43 bits per heavy atom. The number of alkyl halides is 3. The van der Waals surface area contributed by atoms with Crippen LogP contribution in [0.3, 0.4) is 0 Å². The molecule has 28 heavy (non-hydrogen) atoms. The zero-order valence-corrected chi connectivity index (χ0v) is 14.9. The predicted molar refractivity (Wildman–Crippen MR) is 92.5 cm³/mol. The highest BCUT2D eigenvalue weighted by molar-refractivity contribution is 6.00. The summed E-state index contributed by atoms with van der Waals surface area (Å²) in [5.41, 5.74) is -1.18. The number of hydrogen-bond acceptors (Lipinski definition) is 5. The van der Waals surface area contributed by atoms with E-state index in [4.69, 9.17) is 9.47 Å². The Morgan fingerprint density at radius 1 is 1.18 bits per heavy atom. The first kappa shape index (κ1) is 19.5. The van der Waals surface area contributed by atoms with Crippen LogP contribution in [0.25, 0.3) is 0 Å². The highest BCUT2D eigenvalue weighted by Gasteiger charge is 2.39. The molecule has 0 unspecified atom stereocenters. The van der Waals surface area contributed by atoms with Crippen molar-refractivity contribution in [3.8, 4) is 11.5 Å². The molecule has 0 spiro atoms. The Morgan fingerprint density at radius 2 is 1.86 bits per heavy atom. The monoisotopic (exact) mass is 395 g/mol. The lowest BCUT2D eigenvalue weighted by Gasteiger charge is -2.27. The number of carbonyl (C=O) groups excluding carboxylic acids is 2. The molecule has 0 aromatic heterocycles. The number of nitrogens with one attached hydrogen (secondary N) is 1. The Bertz CT molecular complexity index is 909. The van der Waals surface area contributed by atoms with Crippen molar-refractivity contribution < 1.29 is 37.0 Å². The van der Waals surface area contributed by atoms with E-state index >= 15 is 0 Å². The molecule has 0 saturated carbocycles. The van der Waals surface area contributed by atoms with E-state index in [1.165, 1.54) is 7.11 Å². The number of fused-ring (bicyclic) bond motifs is 1. The van der Waals surface area contributed by atoms with Gasteiger partial charge in [-0.1, -0.05) is 12.1 Å². The maximum atomic E-state index is 13.3. The van der Waals surface area contributed by atoms with Crippen molar-refractivity contribution in [2.45, 2.75) is 18.7 Å². The minimum atomic E-state index is -4.80. The molecule has 3 rings (SSSR count). The van der Waals surface area contributed by atoms with Crippen LogP contribution < -0.4 is 14.8 Å². The third-order valence-corrected chi connectivity index (χ3v) is 4.23. The summed E-state index contributed by atoms with van der Waals surface area (Å²) in [7, 11) is 2.49. The summed E-state index contributed by atoms with van der Waals surface area (Å²) in [6.45, 7) is 0. The van der Waals surface area contributed by atoms with Crippen LogP contribution >= 0.6 is 0 Å². The molecule has 0 saturated heterocycles. The molecular weight excluding hydrogens is 379 g/mol. The molecule has 1 atom stereocenters. The van der Waals surface area contributed by atoms with Gasteiger partial charge in [-0.3, -0.25) is 4.79 Å². The van der Waals surface area contributed by atoms with Crippen molar-refractivity contribution in [2.24, 2.45) is 0 Å². The Labute approximate surface area is 158 Å². The number of halogens is 3. The number of hydrogen-bond donors (Lipinski definition) is 1. The molecular formula is C19H16F3NO5. The number of ether oxygens (including phenoxy) is 3. The van der Waals surface area contributed by atoms with Crippen LogP contribution in [0.2, 0.25) is 0 Å². The highest BCUT2D eigenvalue weighted by atomic mass is 19.4. The summed E-state index contributed by atoms with van der Waals surface area (Å²) in [4.78, 5) is 24.0. The van der Waals surface area contributed by atoms with Crippen molar-refractivity contribution in [1.29, 1.82) is 0 Å². The van der Waals surface area contributed by atoms with Crippen molar-refractivity contribution in [1.82, 2.24) is 0 Å². The van der Waals surface area contributed by atoms with E-state index in [0.29, 0.717) is 11.8 Å². The molecule has 1 amide bonds. The van der Waals surface area contributed by atoms with Gasteiger partial charge in [0, 0.05) is 6.42 Å². The molecule has 1 heterocycles. The van der Waals surface area contributed by atoms with Gasteiger partial charge in [-0.05, 0) is 29.8 Å². The molecule has 0 aliphatic carbocycles. The Hall–Kier alpha value is -3.23. The van der Waals surface area contributed by atoms with Gasteiger partial charge in [0.25, 0.3) is 5.91 Å². The molecule has 2 aromatic carbocycles. The fraction of sp³-hybridized carbons (Fsp3) is 0.263. The molecule has 0 radical (unpaired) electrons. The molecule has 2 aromatic rings. The summed E-state index contributed by atoms with van der Waals surface area (Å²) in [5.74, 6) is -1.23. The average Bonchev–Trinajstić information content (AvgIpc) is 2.67. The second-order valence-electron chi connectivity index (χ2n) is 6.03. The van der Waals surface area contributed by atoms with Crippen molar-refractivity contribution in [3.05, 3.63) is 53.1 Å². The lowest BCUT2D eigenvalue weighted by Crippen LogP contribution is -2.39. The van der Waals surface area contributed by atoms with Crippen LogP contribution in [0.1, 0.15) is 21.5 Å². The van der Waals surface area contributed by atoms with E-state index < -0.39 is 35.3 Å². The SMILES string of the molecule is COC(=O)c1cc2c(cc1C(F)(F)F)O[C@@H](Cc1ccc(OC)cc1)C(=O)N2. The maximum absolute atomic E-state index is 13.3. The number of amides is 1. The lowest BCUT2D eigenvalue weighted by atomic mass is 10.0. The summed E-state index contributed by atoms with van der Waals surface area (Å²) in [5, 5.41) is 2.49. The van der Waals surface area contributed by atoms with E-state index in [1.807, 2.05) is 0 Å². The molecule has 9 heteroatoms. The summed E-state index contributed by atoms with van der Waals surface area (Å²) < 4.78 is 55.0. The van der Waals surface area contributed by atoms with E-state index in [0.717, 1.165) is 18.7 Å². The van der Waals surface area contributed by atoms with Crippen molar-refractivity contribution >= 4 is 17.6 Å². The second kappa shape index (κ2) is 7.41. The van der Waals surface area contributed by atoms with Gasteiger partial charge < -0.3 is 19.5 Å². The first-order valence-electron chi connectivity index (χ1n) is 8.17. The van der Waals surface area contributed by atoms with Gasteiger partial charge in [0.15, 0.2) is 6.10 Å². The first-order valence-corrected chi connectivity index (χ1v) is 8.17. The lowest BCUT2D eigenvalue weighted by molar-refractivity contribution is -0.138. The fourth-order valence-corrected chi connectivity index (χ4v) is 2.82. The quantitative estimate of drug-likeness (QED) is 0.803. The highest BCUT2D eigenvalue weighted by Crippen LogP contribution is 2.40. The van der Waals surface area contributed by atoms with E-state index in [-0.39, 0.29) is 17.9 Å². The fourth-order valence-electron chi connectivity index (χ4n) is 2.82. The third-order valence-electron chi connectivity index (χ3n) is 4.23. The minimum absolute atomic E-state index is 0.0237.